The number of benzene rings is 3. The zero-order chi connectivity index (χ0) is 24.0. The molecule has 2 aliphatic rings. The van der Waals surface area contributed by atoms with Gasteiger partial charge in [0, 0.05) is 6.42 Å². The van der Waals surface area contributed by atoms with Gasteiger partial charge in [-0.2, -0.15) is 0 Å². The summed E-state index contributed by atoms with van der Waals surface area (Å²) in [5, 5.41) is 13.4. The smallest absolute Gasteiger partial charge is 0.231 e. The van der Waals surface area contributed by atoms with E-state index >= 15 is 0 Å². The number of nitrogens with zero attached hydrogens (tertiary/aromatic N) is 5. The standard InChI is InChI=1S/C27H28N5O3/c1-32(2)15-14-20-16-21-25(35-17-34-21)26(33-3)22(20)24(32)27-28-29-30-31(27)23(18-10-6-4-7-11-18)19-12-8-5-9-13-19/h4-13,16,23-24H,14-15,17H2,1-3H3/q+1/t24-/m0/s1. The molecule has 0 spiro atoms. The maximum Gasteiger partial charge on any atom is 0.231 e. The topological polar surface area (TPSA) is 71.3 Å². The summed E-state index contributed by atoms with van der Waals surface area (Å²) in [7, 11) is 6.12. The summed E-state index contributed by atoms with van der Waals surface area (Å²) in [6.45, 7) is 1.12. The van der Waals surface area contributed by atoms with Crippen LogP contribution >= 0.6 is 0 Å². The van der Waals surface area contributed by atoms with Crippen molar-refractivity contribution < 1.29 is 18.7 Å². The highest BCUT2D eigenvalue weighted by Gasteiger charge is 2.46. The summed E-state index contributed by atoms with van der Waals surface area (Å²) in [6, 6.07) is 22.5. The highest BCUT2D eigenvalue weighted by molar-refractivity contribution is 5.62. The number of fused-ring (bicyclic) bond motifs is 2. The first-order valence-corrected chi connectivity index (χ1v) is 11.8. The van der Waals surface area contributed by atoms with E-state index in [1.807, 2.05) is 16.8 Å². The monoisotopic (exact) mass is 470 g/mol. The Morgan fingerprint density at radius 3 is 2.34 bits per heavy atom. The number of rotatable bonds is 5. The van der Waals surface area contributed by atoms with Crippen LogP contribution in [0.3, 0.4) is 0 Å². The third-order valence-corrected chi connectivity index (χ3v) is 7.12. The van der Waals surface area contributed by atoms with E-state index in [9.17, 15) is 0 Å². The van der Waals surface area contributed by atoms with Crippen LogP contribution in [0.4, 0.5) is 0 Å². The molecule has 0 fully saturated rings. The molecule has 0 N–H and O–H groups in total. The molecule has 0 unspecified atom stereocenters. The molecule has 35 heavy (non-hydrogen) atoms. The van der Waals surface area contributed by atoms with E-state index in [1.165, 1.54) is 5.56 Å². The minimum atomic E-state index is -0.173. The van der Waals surface area contributed by atoms with Crippen LogP contribution in [0.1, 0.15) is 40.2 Å². The number of quaternary nitrogens is 1. The van der Waals surface area contributed by atoms with Crippen molar-refractivity contribution in [3.8, 4) is 17.2 Å². The summed E-state index contributed by atoms with van der Waals surface area (Å²) < 4.78 is 20.1. The van der Waals surface area contributed by atoms with Crippen molar-refractivity contribution in [1.29, 1.82) is 0 Å². The first-order chi connectivity index (χ1) is 17.1. The average Bonchev–Trinajstić information content (AvgIpc) is 3.54. The number of hydrogen-bond acceptors (Lipinski definition) is 6. The fourth-order valence-electron chi connectivity index (χ4n) is 5.43. The molecule has 0 amide bonds. The lowest BCUT2D eigenvalue weighted by molar-refractivity contribution is -0.918. The molecule has 1 atom stereocenters. The van der Waals surface area contributed by atoms with Crippen molar-refractivity contribution in [1.82, 2.24) is 20.2 Å². The van der Waals surface area contributed by atoms with Gasteiger partial charge in [0.2, 0.25) is 18.4 Å². The predicted octanol–water partition coefficient (Wildman–Crippen LogP) is 3.77. The van der Waals surface area contributed by atoms with Gasteiger partial charge in [0.25, 0.3) is 0 Å². The lowest BCUT2D eigenvalue weighted by atomic mass is 9.88. The minimum Gasteiger partial charge on any atom is -0.492 e. The van der Waals surface area contributed by atoms with Gasteiger partial charge >= 0.3 is 0 Å². The van der Waals surface area contributed by atoms with Crippen molar-refractivity contribution in [2.45, 2.75) is 18.5 Å². The molecule has 0 saturated carbocycles. The molecule has 0 radical (unpaired) electrons. The van der Waals surface area contributed by atoms with Gasteiger partial charge in [-0.05, 0) is 33.2 Å². The van der Waals surface area contributed by atoms with E-state index in [1.54, 1.807) is 7.11 Å². The molecule has 6 rings (SSSR count). The molecule has 8 heteroatoms. The number of aromatic nitrogens is 4. The molecule has 0 saturated heterocycles. The van der Waals surface area contributed by atoms with Crippen molar-refractivity contribution in [3.05, 3.63) is 94.8 Å². The van der Waals surface area contributed by atoms with Crippen LogP contribution in [0.2, 0.25) is 0 Å². The Morgan fingerprint density at radius 2 is 1.69 bits per heavy atom. The highest BCUT2D eigenvalue weighted by atomic mass is 16.7. The molecule has 2 aliphatic heterocycles. The maximum absolute atomic E-state index is 5.95. The number of likely N-dealkylation sites (N-methyl/N-ethyl adjacent to an activating group) is 1. The Labute approximate surface area is 204 Å². The second-order valence-corrected chi connectivity index (χ2v) is 9.58. The Kier molecular flexibility index (Phi) is 5.18. The Morgan fingerprint density at radius 1 is 1.00 bits per heavy atom. The van der Waals surface area contributed by atoms with Crippen LogP contribution in [0.5, 0.6) is 17.2 Å². The minimum absolute atomic E-state index is 0.159. The fraction of sp³-hybridized carbons (Fsp3) is 0.296. The van der Waals surface area contributed by atoms with E-state index in [-0.39, 0.29) is 18.9 Å². The van der Waals surface area contributed by atoms with Crippen LogP contribution in [0.15, 0.2) is 66.7 Å². The van der Waals surface area contributed by atoms with Crippen LogP contribution in [0, 0.1) is 0 Å². The molecule has 3 heterocycles. The van der Waals surface area contributed by atoms with E-state index in [0.29, 0.717) is 16.0 Å². The fourth-order valence-corrected chi connectivity index (χ4v) is 5.43. The molecule has 3 aromatic carbocycles. The Bertz CT molecular complexity index is 1310. The number of ether oxygens (including phenoxy) is 3. The van der Waals surface area contributed by atoms with Gasteiger partial charge in [-0.15, -0.1) is 5.10 Å². The van der Waals surface area contributed by atoms with E-state index in [4.69, 9.17) is 14.2 Å². The summed E-state index contributed by atoms with van der Waals surface area (Å²) in [5.41, 5.74) is 4.47. The molecule has 1 aromatic heterocycles. The van der Waals surface area contributed by atoms with Crippen LogP contribution in [0.25, 0.3) is 0 Å². The van der Waals surface area contributed by atoms with Gasteiger partial charge in [0.15, 0.2) is 17.5 Å². The van der Waals surface area contributed by atoms with Crippen LogP contribution < -0.4 is 14.2 Å². The second kappa shape index (κ2) is 8.39. The number of methoxy groups -OCH3 is 1. The van der Waals surface area contributed by atoms with Gasteiger partial charge in [0.1, 0.15) is 6.04 Å². The van der Waals surface area contributed by atoms with Crippen molar-refractivity contribution in [3.63, 3.8) is 0 Å². The van der Waals surface area contributed by atoms with E-state index in [2.05, 4.69) is 84.2 Å². The summed E-state index contributed by atoms with van der Waals surface area (Å²) in [6.07, 6.45) is 0.897. The van der Waals surface area contributed by atoms with E-state index < -0.39 is 0 Å². The molecule has 4 aromatic rings. The van der Waals surface area contributed by atoms with Gasteiger partial charge in [-0.1, -0.05) is 60.7 Å². The van der Waals surface area contributed by atoms with Gasteiger partial charge in [-0.3, -0.25) is 0 Å². The lowest BCUT2D eigenvalue weighted by Gasteiger charge is -2.42. The normalized spacial score (nSPS) is 17.9. The second-order valence-electron chi connectivity index (χ2n) is 9.58. The molecule has 8 nitrogen and oxygen atoms in total. The molecular weight excluding hydrogens is 442 g/mol. The van der Waals surface area contributed by atoms with Gasteiger partial charge in [-0.25, -0.2) is 4.68 Å². The SMILES string of the molecule is COc1c2c(cc3c1[C@@H](c1nnnn1C(c1ccccc1)c1ccccc1)[N+](C)(C)CC3)OCO2. The van der Waals surface area contributed by atoms with Crippen LogP contribution in [-0.4, -0.2) is 59.2 Å². The zero-order valence-electron chi connectivity index (χ0n) is 20.1. The van der Waals surface area contributed by atoms with Crippen LogP contribution in [-0.2, 0) is 6.42 Å². The van der Waals surface area contributed by atoms with Gasteiger partial charge in [0.05, 0.1) is 33.3 Å². The lowest BCUT2D eigenvalue weighted by Crippen LogP contribution is -2.49. The van der Waals surface area contributed by atoms with E-state index in [0.717, 1.165) is 41.2 Å². The highest BCUT2D eigenvalue weighted by Crippen LogP contribution is 2.52. The van der Waals surface area contributed by atoms with Crippen molar-refractivity contribution in [2.24, 2.45) is 0 Å². The number of tetrazole rings is 1. The molecule has 0 aliphatic carbocycles. The quantitative estimate of drug-likeness (QED) is 0.414. The third kappa shape index (κ3) is 3.52. The number of hydrogen-bond donors (Lipinski definition) is 0. The maximum atomic E-state index is 5.95. The predicted molar refractivity (Wildman–Crippen MR) is 130 cm³/mol. The molecule has 0 bridgehead atoms. The first-order valence-electron chi connectivity index (χ1n) is 11.8. The van der Waals surface area contributed by atoms with Crippen molar-refractivity contribution in [2.75, 3.05) is 34.5 Å². The summed E-state index contributed by atoms with van der Waals surface area (Å²) >= 11 is 0. The molecule has 178 valence electrons. The average molecular weight is 471 g/mol. The van der Waals surface area contributed by atoms with Gasteiger partial charge < -0.3 is 18.7 Å². The Balaban J connectivity index is 1.58. The first kappa shape index (κ1) is 21.6. The Hall–Kier alpha value is -3.91. The van der Waals surface area contributed by atoms with Crippen molar-refractivity contribution >= 4 is 0 Å². The zero-order valence-corrected chi connectivity index (χ0v) is 20.1. The largest absolute Gasteiger partial charge is 0.492 e. The summed E-state index contributed by atoms with van der Waals surface area (Å²) in [4.78, 5) is 0. The third-order valence-electron chi connectivity index (χ3n) is 7.12. The summed E-state index contributed by atoms with van der Waals surface area (Å²) in [5.74, 6) is 2.87. The molecular formula is C27H28N5O3+.